The fraction of sp³-hybridized carbons (Fsp3) is 0.200. The Morgan fingerprint density at radius 2 is 1.69 bits per heavy atom. The molecule has 0 nitrogen and oxygen atoms in total. The third kappa shape index (κ3) is 2.28. The Bertz CT molecular complexity index is 474. The van der Waals surface area contributed by atoms with Crippen LogP contribution in [0.1, 0.15) is 29.5 Å². The fourth-order valence-electron chi connectivity index (χ4n) is 2.05. The van der Waals surface area contributed by atoms with Crippen LogP contribution >= 0.6 is 11.6 Å². The summed E-state index contributed by atoms with van der Waals surface area (Å²) >= 11 is 5.97. The molecule has 1 atom stereocenters. The molecule has 0 amide bonds. The maximum Gasteiger partial charge on any atom is 0.0408 e. The van der Waals surface area contributed by atoms with Gasteiger partial charge in [0.25, 0.3) is 0 Å². The normalized spacial score (nSPS) is 12.4. The van der Waals surface area contributed by atoms with Gasteiger partial charge < -0.3 is 0 Å². The molecular formula is C15H15Cl. The van der Waals surface area contributed by atoms with Gasteiger partial charge in [-0.2, -0.15) is 0 Å². The second kappa shape index (κ2) is 4.71. The Morgan fingerprint density at radius 3 is 2.31 bits per heavy atom. The van der Waals surface area contributed by atoms with Gasteiger partial charge in [0.1, 0.15) is 0 Å². The predicted octanol–water partition coefficient (Wildman–Crippen LogP) is 4.80. The Labute approximate surface area is 102 Å². The molecular weight excluding hydrogens is 216 g/mol. The number of rotatable bonds is 2. The molecule has 0 bridgehead atoms. The average Bonchev–Trinajstić information content (AvgIpc) is 2.29. The zero-order valence-corrected chi connectivity index (χ0v) is 10.3. The Kier molecular flexibility index (Phi) is 3.31. The first-order valence-electron chi connectivity index (χ1n) is 5.49. The highest BCUT2D eigenvalue weighted by atomic mass is 35.5. The monoisotopic (exact) mass is 230 g/mol. The van der Waals surface area contributed by atoms with Crippen LogP contribution in [0.15, 0.2) is 48.5 Å². The molecule has 0 spiro atoms. The highest BCUT2D eigenvalue weighted by Crippen LogP contribution is 2.28. The summed E-state index contributed by atoms with van der Waals surface area (Å²) in [4.78, 5) is 0. The molecule has 0 heterocycles. The molecule has 0 N–H and O–H groups in total. The van der Waals surface area contributed by atoms with E-state index in [1.165, 1.54) is 16.7 Å². The van der Waals surface area contributed by atoms with Gasteiger partial charge in [-0.25, -0.2) is 0 Å². The van der Waals surface area contributed by atoms with Crippen LogP contribution in [0.3, 0.4) is 0 Å². The minimum Gasteiger partial charge on any atom is -0.0843 e. The minimum atomic E-state index is 0.415. The van der Waals surface area contributed by atoms with Crippen LogP contribution in [0.2, 0.25) is 5.02 Å². The van der Waals surface area contributed by atoms with Gasteiger partial charge in [-0.1, -0.05) is 54.9 Å². The lowest BCUT2D eigenvalue weighted by Crippen LogP contribution is -1.98. The zero-order valence-electron chi connectivity index (χ0n) is 9.57. The molecule has 0 aliphatic rings. The Hall–Kier alpha value is -1.27. The summed E-state index contributed by atoms with van der Waals surface area (Å²) < 4.78 is 0. The second-order valence-corrected chi connectivity index (χ2v) is 4.57. The summed E-state index contributed by atoms with van der Waals surface area (Å²) in [5.41, 5.74) is 3.94. The van der Waals surface area contributed by atoms with E-state index in [1.54, 1.807) is 0 Å². The molecule has 2 aromatic rings. The van der Waals surface area contributed by atoms with Gasteiger partial charge in [-0.3, -0.25) is 0 Å². The number of hydrogen-bond acceptors (Lipinski definition) is 0. The van der Waals surface area contributed by atoms with Gasteiger partial charge in [-0.15, -0.1) is 0 Å². The standard InChI is InChI=1S/C15H15Cl/c1-11-10-14(16)8-9-15(11)12(2)13-6-4-3-5-7-13/h3-10,12H,1-2H3/t12-/m0/s1. The lowest BCUT2D eigenvalue weighted by atomic mass is 9.90. The summed E-state index contributed by atoms with van der Waals surface area (Å²) in [6.07, 6.45) is 0. The highest BCUT2D eigenvalue weighted by Gasteiger charge is 2.10. The van der Waals surface area contributed by atoms with Gasteiger partial charge in [-0.05, 0) is 35.7 Å². The van der Waals surface area contributed by atoms with Crippen molar-refractivity contribution >= 4 is 11.6 Å². The van der Waals surface area contributed by atoms with E-state index in [4.69, 9.17) is 11.6 Å². The van der Waals surface area contributed by atoms with E-state index in [9.17, 15) is 0 Å². The molecule has 2 rings (SSSR count). The molecule has 82 valence electrons. The first-order valence-corrected chi connectivity index (χ1v) is 5.87. The Morgan fingerprint density at radius 1 is 1.00 bits per heavy atom. The van der Waals surface area contributed by atoms with Gasteiger partial charge >= 0.3 is 0 Å². The van der Waals surface area contributed by atoms with Crippen LogP contribution in [-0.4, -0.2) is 0 Å². The van der Waals surface area contributed by atoms with Crippen molar-refractivity contribution in [3.63, 3.8) is 0 Å². The van der Waals surface area contributed by atoms with Crippen molar-refractivity contribution in [1.29, 1.82) is 0 Å². The van der Waals surface area contributed by atoms with Crippen LogP contribution in [-0.2, 0) is 0 Å². The third-order valence-electron chi connectivity index (χ3n) is 3.00. The molecule has 2 aromatic carbocycles. The van der Waals surface area contributed by atoms with Crippen molar-refractivity contribution < 1.29 is 0 Å². The van der Waals surface area contributed by atoms with Crippen LogP contribution < -0.4 is 0 Å². The largest absolute Gasteiger partial charge is 0.0843 e. The average molecular weight is 231 g/mol. The molecule has 1 heteroatoms. The quantitative estimate of drug-likeness (QED) is 0.695. The van der Waals surface area contributed by atoms with Crippen molar-refractivity contribution in [1.82, 2.24) is 0 Å². The summed E-state index contributed by atoms with van der Waals surface area (Å²) in [5, 5.41) is 0.807. The van der Waals surface area contributed by atoms with Crippen molar-refractivity contribution in [3.05, 3.63) is 70.2 Å². The van der Waals surface area contributed by atoms with E-state index in [1.807, 2.05) is 18.2 Å². The minimum absolute atomic E-state index is 0.415. The maximum absolute atomic E-state index is 5.97. The lowest BCUT2D eigenvalue weighted by Gasteiger charge is -2.15. The predicted molar refractivity (Wildman–Crippen MR) is 70.1 cm³/mol. The molecule has 0 aliphatic carbocycles. The topological polar surface area (TPSA) is 0 Å². The van der Waals surface area contributed by atoms with Crippen molar-refractivity contribution in [2.24, 2.45) is 0 Å². The van der Waals surface area contributed by atoms with Crippen molar-refractivity contribution in [3.8, 4) is 0 Å². The van der Waals surface area contributed by atoms with E-state index in [2.05, 4.69) is 44.2 Å². The van der Waals surface area contributed by atoms with Crippen LogP contribution in [0.25, 0.3) is 0 Å². The van der Waals surface area contributed by atoms with Gasteiger partial charge in [0.15, 0.2) is 0 Å². The zero-order chi connectivity index (χ0) is 11.5. The molecule has 0 saturated heterocycles. The molecule has 0 unspecified atom stereocenters. The number of hydrogen-bond donors (Lipinski definition) is 0. The van der Waals surface area contributed by atoms with Gasteiger partial charge in [0.05, 0.1) is 0 Å². The fourth-order valence-corrected chi connectivity index (χ4v) is 2.27. The summed E-state index contributed by atoms with van der Waals surface area (Å²) in [6.45, 7) is 4.34. The van der Waals surface area contributed by atoms with E-state index >= 15 is 0 Å². The SMILES string of the molecule is Cc1cc(Cl)ccc1[C@@H](C)c1ccccc1. The summed E-state index contributed by atoms with van der Waals surface area (Å²) in [6, 6.07) is 16.6. The van der Waals surface area contributed by atoms with E-state index < -0.39 is 0 Å². The molecule has 16 heavy (non-hydrogen) atoms. The van der Waals surface area contributed by atoms with E-state index in [0.717, 1.165) is 5.02 Å². The number of benzene rings is 2. The van der Waals surface area contributed by atoms with Crippen molar-refractivity contribution in [2.45, 2.75) is 19.8 Å². The Balaban J connectivity index is 2.38. The molecule has 0 fully saturated rings. The smallest absolute Gasteiger partial charge is 0.0408 e. The van der Waals surface area contributed by atoms with Gasteiger partial charge in [0.2, 0.25) is 0 Å². The molecule has 0 aliphatic heterocycles. The van der Waals surface area contributed by atoms with E-state index in [0.29, 0.717) is 5.92 Å². The van der Waals surface area contributed by atoms with Crippen LogP contribution in [0.4, 0.5) is 0 Å². The van der Waals surface area contributed by atoms with Crippen molar-refractivity contribution in [2.75, 3.05) is 0 Å². The molecule has 0 radical (unpaired) electrons. The van der Waals surface area contributed by atoms with Crippen LogP contribution in [0.5, 0.6) is 0 Å². The van der Waals surface area contributed by atoms with E-state index in [-0.39, 0.29) is 0 Å². The molecule has 0 saturated carbocycles. The van der Waals surface area contributed by atoms with Crippen LogP contribution in [0, 0.1) is 6.92 Å². The lowest BCUT2D eigenvalue weighted by molar-refractivity contribution is 0.910. The first kappa shape index (κ1) is 11.2. The number of halogens is 1. The third-order valence-corrected chi connectivity index (χ3v) is 3.23. The summed E-state index contributed by atoms with van der Waals surface area (Å²) in [5.74, 6) is 0.415. The summed E-state index contributed by atoms with van der Waals surface area (Å²) in [7, 11) is 0. The van der Waals surface area contributed by atoms with Gasteiger partial charge in [0, 0.05) is 10.9 Å². The maximum atomic E-state index is 5.97. The highest BCUT2D eigenvalue weighted by molar-refractivity contribution is 6.30. The first-order chi connectivity index (χ1) is 7.68. The molecule has 0 aromatic heterocycles. The second-order valence-electron chi connectivity index (χ2n) is 4.13. The number of aryl methyl sites for hydroxylation is 1.